The average Bonchev–Trinajstić information content (AvgIpc) is 2.60. The number of aliphatic carboxylic acids is 1. The van der Waals surface area contributed by atoms with Crippen LogP contribution < -0.4 is 10.1 Å². The number of nitrogens with one attached hydrogen (secondary N) is 1. The number of carbonyl (C=O) groups excluding carboxylic acids is 2. The molecule has 0 saturated carbocycles. The first-order chi connectivity index (χ1) is 11.6. The van der Waals surface area contributed by atoms with Crippen LogP contribution in [0, 0.1) is 0 Å². The minimum Gasteiger partial charge on any atom is -0.489 e. The molecule has 24 heavy (non-hydrogen) atoms. The molecule has 0 atom stereocenters. The molecule has 0 radical (unpaired) electrons. The highest BCUT2D eigenvalue weighted by molar-refractivity contribution is 5.94. The lowest BCUT2D eigenvalue weighted by atomic mass is 10.1. The molecule has 6 nitrogen and oxygen atoms in total. The Morgan fingerprint density at radius 2 is 1.71 bits per heavy atom. The summed E-state index contributed by atoms with van der Waals surface area (Å²) < 4.78 is 5.60. The van der Waals surface area contributed by atoms with E-state index in [1.54, 1.807) is 48.5 Å². The van der Waals surface area contributed by atoms with E-state index < -0.39 is 5.97 Å². The van der Waals surface area contributed by atoms with Crippen molar-refractivity contribution in [2.45, 2.75) is 13.0 Å². The Balaban J connectivity index is 1.85. The molecule has 0 saturated heterocycles. The van der Waals surface area contributed by atoms with Crippen LogP contribution in [0.15, 0.2) is 48.5 Å². The van der Waals surface area contributed by atoms with Crippen molar-refractivity contribution in [3.8, 4) is 5.75 Å². The van der Waals surface area contributed by atoms with Crippen molar-refractivity contribution in [1.82, 2.24) is 5.32 Å². The van der Waals surface area contributed by atoms with Crippen LogP contribution >= 0.6 is 0 Å². The van der Waals surface area contributed by atoms with Gasteiger partial charge in [-0.2, -0.15) is 0 Å². The summed E-state index contributed by atoms with van der Waals surface area (Å²) >= 11 is 0. The van der Waals surface area contributed by atoms with Gasteiger partial charge in [0.2, 0.25) is 0 Å². The van der Waals surface area contributed by atoms with Crippen LogP contribution in [0.3, 0.4) is 0 Å². The molecular weight excluding hydrogens is 310 g/mol. The third-order valence-corrected chi connectivity index (χ3v) is 3.26. The van der Waals surface area contributed by atoms with Gasteiger partial charge in [0.15, 0.2) is 0 Å². The molecule has 0 aliphatic heterocycles. The molecule has 1 amide bonds. The molecule has 6 heteroatoms. The van der Waals surface area contributed by atoms with E-state index in [0.717, 1.165) is 11.8 Å². The summed E-state index contributed by atoms with van der Waals surface area (Å²) in [6, 6.07) is 13.6. The quantitative estimate of drug-likeness (QED) is 0.726. The van der Waals surface area contributed by atoms with Crippen molar-refractivity contribution in [2.75, 3.05) is 6.54 Å². The molecule has 0 fully saturated rings. The van der Waals surface area contributed by atoms with E-state index in [2.05, 4.69) is 5.32 Å². The Hall–Kier alpha value is -3.15. The first kappa shape index (κ1) is 17.2. The highest BCUT2D eigenvalue weighted by atomic mass is 16.5. The molecule has 0 spiro atoms. The minimum atomic E-state index is -0.955. The van der Waals surface area contributed by atoms with Crippen LogP contribution in [-0.2, 0) is 11.4 Å². The first-order valence-electron chi connectivity index (χ1n) is 7.35. The van der Waals surface area contributed by atoms with Crippen molar-refractivity contribution in [1.29, 1.82) is 0 Å². The molecule has 124 valence electrons. The number of hydrogen-bond acceptors (Lipinski definition) is 4. The van der Waals surface area contributed by atoms with E-state index in [-0.39, 0.29) is 18.9 Å². The van der Waals surface area contributed by atoms with Crippen LogP contribution in [0.1, 0.15) is 32.7 Å². The second-order valence-corrected chi connectivity index (χ2v) is 5.07. The van der Waals surface area contributed by atoms with E-state index in [1.165, 1.54) is 0 Å². The highest BCUT2D eigenvalue weighted by Crippen LogP contribution is 2.14. The SMILES string of the molecule is O=Cc1ccc(OCc2ccc(C(=O)NCCC(=O)O)cc2)cc1. The van der Waals surface area contributed by atoms with Crippen LogP contribution in [0.5, 0.6) is 5.75 Å². The molecule has 0 unspecified atom stereocenters. The lowest BCUT2D eigenvalue weighted by molar-refractivity contribution is -0.136. The van der Waals surface area contributed by atoms with Gasteiger partial charge in [0, 0.05) is 17.7 Å². The molecule has 0 aliphatic rings. The van der Waals surface area contributed by atoms with Crippen molar-refractivity contribution in [2.24, 2.45) is 0 Å². The van der Waals surface area contributed by atoms with Crippen LogP contribution in [-0.4, -0.2) is 29.8 Å². The van der Waals surface area contributed by atoms with Gasteiger partial charge in [-0.05, 0) is 42.0 Å². The molecule has 2 aromatic rings. The zero-order chi connectivity index (χ0) is 17.4. The fraction of sp³-hybridized carbons (Fsp3) is 0.167. The Labute approximate surface area is 139 Å². The van der Waals surface area contributed by atoms with Gasteiger partial charge in [-0.1, -0.05) is 12.1 Å². The second kappa shape index (κ2) is 8.47. The molecule has 0 aliphatic carbocycles. The molecule has 2 aromatic carbocycles. The number of hydrogen-bond donors (Lipinski definition) is 2. The van der Waals surface area contributed by atoms with Gasteiger partial charge in [-0.3, -0.25) is 14.4 Å². The predicted octanol–water partition coefficient (Wildman–Crippen LogP) is 2.28. The lowest BCUT2D eigenvalue weighted by Gasteiger charge is -2.08. The van der Waals surface area contributed by atoms with E-state index in [0.29, 0.717) is 23.5 Å². The van der Waals surface area contributed by atoms with Crippen molar-refractivity contribution >= 4 is 18.2 Å². The van der Waals surface area contributed by atoms with Gasteiger partial charge < -0.3 is 15.2 Å². The molecule has 0 bridgehead atoms. The Kier molecular flexibility index (Phi) is 6.08. The van der Waals surface area contributed by atoms with Crippen molar-refractivity contribution < 1.29 is 24.2 Å². The van der Waals surface area contributed by atoms with E-state index >= 15 is 0 Å². The molecular formula is C18H17NO5. The second-order valence-electron chi connectivity index (χ2n) is 5.07. The monoisotopic (exact) mass is 327 g/mol. The van der Waals surface area contributed by atoms with Gasteiger partial charge in [0.1, 0.15) is 18.6 Å². The molecule has 2 N–H and O–H groups in total. The number of benzene rings is 2. The maximum Gasteiger partial charge on any atom is 0.305 e. The third-order valence-electron chi connectivity index (χ3n) is 3.26. The third kappa shape index (κ3) is 5.24. The molecule has 2 rings (SSSR count). The van der Waals surface area contributed by atoms with Gasteiger partial charge >= 0.3 is 5.97 Å². The summed E-state index contributed by atoms with van der Waals surface area (Å²) in [7, 11) is 0. The summed E-state index contributed by atoms with van der Waals surface area (Å²) in [5.41, 5.74) is 1.93. The zero-order valence-corrected chi connectivity index (χ0v) is 12.9. The van der Waals surface area contributed by atoms with Crippen LogP contribution in [0.4, 0.5) is 0 Å². The molecule has 0 aromatic heterocycles. The number of rotatable bonds is 8. The lowest BCUT2D eigenvalue weighted by Crippen LogP contribution is -2.25. The van der Waals surface area contributed by atoms with Crippen molar-refractivity contribution in [3.05, 3.63) is 65.2 Å². The van der Waals surface area contributed by atoms with Crippen LogP contribution in [0.2, 0.25) is 0 Å². The minimum absolute atomic E-state index is 0.0931. The summed E-state index contributed by atoms with van der Waals surface area (Å²) in [6.45, 7) is 0.428. The maximum atomic E-state index is 11.8. The van der Waals surface area contributed by atoms with E-state index in [1.807, 2.05) is 0 Å². The number of amides is 1. The fourth-order valence-electron chi connectivity index (χ4n) is 1.95. The summed E-state index contributed by atoms with van der Waals surface area (Å²) in [4.78, 5) is 32.8. The number of carboxylic acid groups (broad SMARTS) is 1. The maximum absolute atomic E-state index is 11.8. The summed E-state index contributed by atoms with van der Waals surface area (Å²) in [5.74, 6) is -0.617. The van der Waals surface area contributed by atoms with Gasteiger partial charge in [-0.25, -0.2) is 0 Å². The zero-order valence-electron chi connectivity index (χ0n) is 12.9. The first-order valence-corrected chi connectivity index (χ1v) is 7.35. The highest BCUT2D eigenvalue weighted by Gasteiger charge is 2.06. The van der Waals surface area contributed by atoms with E-state index in [9.17, 15) is 14.4 Å². The van der Waals surface area contributed by atoms with Gasteiger partial charge in [0.05, 0.1) is 6.42 Å². The Morgan fingerprint density at radius 1 is 1.04 bits per heavy atom. The standard InChI is InChI=1S/C18H17NO5/c20-11-13-3-7-16(8-4-13)24-12-14-1-5-15(6-2-14)18(23)19-10-9-17(21)22/h1-8,11H,9-10,12H2,(H,19,23)(H,21,22). The normalized spacial score (nSPS) is 10.0. The Morgan fingerprint density at radius 3 is 2.29 bits per heavy atom. The van der Waals surface area contributed by atoms with E-state index in [4.69, 9.17) is 9.84 Å². The largest absolute Gasteiger partial charge is 0.489 e. The van der Waals surface area contributed by atoms with Crippen molar-refractivity contribution in [3.63, 3.8) is 0 Å². The average molecular weight is 327 g/mol. The molecule has 0 heterocycles. The van der Waals surface area contributed by atoms with Gasteiger partial charge in [-0.15, -0.1) is 0 Å². The van der Waals surface area contributed by atoms with Crippen LogP contribution in [0.25, 0.3) is 0 Å². The topological polar surface area (TPSA) is 92.7 Å². The summed E-state index contributed by atoms with van der Waals surface area (Å²) in [5, 5.41) is 11.1. The fourth-order valence-corrected chi connectivity index (χ4v) is 1.95. The number of carboxylic acids is 1. The smallest absolute Gasteiger partial charge is 0.305 e. The Bertz CT molecular complexity index is 707. The predicted molar refractivity (Wildman–Crippen MR) is 87.2 cm³/mol. The number of carbonyl (C=O) groups is 3. The number of aldehydes is 1. The van der Waals surface area contributed by atoms with Gasteiger partial charge in [0.25, 0.3) is 5.91 Å². The summed E-state index contributed by atoms with van der Waals surface area (Å²) in [6.07, 6.45) is 0.657. The number of ether oxygens (including phenoxy) is 1.